The first-order chi connectivity index (χ1) is 13.0. The van der Waals surface area contributed by atoms with Gasteiger partial charge >= 0.3 is 5.97 Å². The van der Waals surface area contributed by atoms with E-state index in [2.05, 4.69) is 41.8 Å². The standard InChI is InChI=1S/C22H28N2O3/c1-16-14-24(17(2)13-23(16)15-21(26)27-3)22(18-8-5-4-6-9-18)19-10-7-11-20(25)12-19/h4-12,16-17,22,25H,13-15H2,1-3H3. The molecule has 3 unspecified atom stereocenters. The van der Waals surface area contributed by atoms with Gasteiger partial charge in [-0.25, -0.2) is 0 Å². The maximum absolute atomic E-state index is 11.7. The van der Waals surface area contributed by atoms with E-state index in [0.29, 0.717) is 6.54 Å². The van der Waals surface area contributed by atoms with Crippen molar-refractivity contribution >= 4 is 5.97 Å². The summed E-state index contributed by atoms with van der Waals surface area (Å²) < 4.78 is 4.84. The number of hydrogen-bond donors (Lipinski definition) is 1. The summed E-state index contributed by atoms with van der Waals surface area (Å²) in [5.41, 5.74) is 2.27. The Morgan fingerprint density at radius 2 is 1.78 bits per heavy atom. The molecule has 0 aromatic heterocycles. The van der Waals surface area contributed by atoms with E-state index in [1.807, 2.05) is 30.3 Å². The van der Waals surface area contributed by atoms with Crippen LogP contribution in [0.4, 0.5) is 0 Å². The molecule has 1 heterocycles. The number of methoxy groups -OCH3 is 1. The molecule has 0 bridgehead atoms. The van der Waals surface area contributed by atoms with Crippen LogP contribution >= 0.6 is 0 Å². The van der Waals surface area contributed by atoms with Gasteiger partial charge in [0.2, 0.25) is 0 Å². The number of ether oxygens (including phenoxy) is 1. The quantitative estimate of drug-likeness (QED) is 0.822. The summed E-state index contributed by atoms with van der Waals surface area (Å²) in [5, 5.41) is 10.0. The molecule has 0 amide bonds. The smallest absolute Gasteiger partial charge is 0.319 e. The predicted octanol–water partition coefficient (Wildman–Crippen LogP) is 3.05. The molecule has 3 atom stereocenters. The highest BCUT2D eigenvalue weighted by Gasteiger charge is 2.35. The molecular formula is C22H28N2O3. The number of carbonyl (C=O) groups is 1. The van der Waals surface area contributed by atoms with Crippen molar-refractivity contribution in [1.82, 2.24) is 9.80 Å². The Labute approximate surface area is 161 Å². The van der Waals surface area contributed by atoms with Gasteiger partial charge in [-0.2, -0.15) is 0 Å². The molecule has 3 rings (SSSR count). The van der Waals surface area contributed by atoms with Crippen molar-refractivity contribution in [2.45, 2.75) is 32.0 Å². The number of esters is 1. The fraction of sp³-hybridized carbons (Fsp3) is 0.409. The number of benzene rings is 2. The second-order valence-electron chi connectivity index (χ2n) is 7.31. The maximum atomic E-state index is 11.7. The SMILES string of the molecule is COC(=O)CN1CC(C)N(C(c2ccccc2)c2cccc(O)c2)CC1C. The van der Waals surface area contributed by atoms with Gasteiger partial charge in [0.25, 0.3) is 0 Å². The van der Waals surface area contributed by atoms with Gasteiger partial charge in [-0.3, -0.25) is 14.6 Å². The van der Waals surface area contributed by atoms with Crippen LogP contribution < -0.4 is 0 Å². The molecule has 1 saturated heterocycles. The molecule has 1 aliphatic rings. The van der Waals surface area contributed by atoms with Crippen molar-refractivity contribution in [3.63, 3.8) is 0 Å². The summed E-state index contributed by atoms with van der Waals surface area (Å²) >= 11 is 0. The second kappa shape index (κ2) is 8.55. The molecule has 1 fully saturated rings. The first kappa shape index (κ1) is 19.4. The van der Waals surface area contributed by atoms with Crippen LogP contribution in [0.15, 0.2) is 54.6 Å². The molecule has 0 aliphatic carbocycles. The van der Waals surface area contributed by atoms with E-state index in [9.17, 15) is 9.90 Å². The Balaban J connectivity index is 1.90. The number of rotatable bonds is 5. The number of carbonyl (C=O) groups excluding carboxylic acids is 1. The molecule has 0 spiro atoms. The Bertz CT molecular complexity index is 765. The third-order valence-electron chi connectivity index (χ3n) is 5.36. The molecule has 2 aromatic carbocycles. The first-order valence-electron chi connectivity index (χ1n) is 9.40. The van der Waals surface area contributed by atoms with Gasteiger partial charge in [0.05, 0.1) is 19.7 Å². The van der Waals surface area contributed by atoms with Gasteiger partial charge in [0, 0.05) is 25.2 Å². The van der Waals surface area contributed by atoms with Crippen molar-refractivity contribution in [3.8, 4) is 5.75 Å². The summed E-state index contributed by atoms with van der Waals surface area (Å²) in [6, 6.07) is 18.4. The molecule has 144 valence electrons. The van der Waals surface area contributed by atoms with E-state index in [1.54, 1.807) is 6.07 Å². The zero-order valence-corrected chi connectivity index (χ0v) is 16.2. The number of nitrogens with zero attached hydrogens (tertiary/aromatic N) is 2. The van der Waals surface area contributed by atoms with Crippen molar-refractivity contribution in [2.24, 2.45) is 0 Å². The zero-order valence-electron chi connectivity index (χ0n) is 16.2. The van der Waals surface area contributed by atoms with Crippen molar-refractivity contribution in [3.05, 3.63) is 65.7 Å². The highest BCUT2D eigenvalue weighted by atomic mass is 16.5. The van der Waals surface area contributed by atoms with Gasteiger partial charge in [0.1, 0.15) is 5.75 Å². The molecule has 1 N–H and O–H groups in total. The number of phenols is 1. The molecule has 1 aliphatic heterocycles. The largest absolute Gasteiger partial charge is 0.508 e. The number of piperazine rings is 1. The fourth-order valence-corrected chi connectivity index (χ4v) is 3.94. The van der Waals surface area contributed by atoms with Crippen LogP contribution in [0.5, 0.6) is 5.75 Å². The molecule has 5 heteroatoms. The monoisotopic (exact) mass is 368 g/mol. The van der Waals surface area contributed by atoms with Crippen LogP contribution in [-0.4, -0.2) is 59.7 Å². The zero-order chi connectivity index (χ0) is 19.4. The van der Waals surface area contributed by atoms with Crippen molar-refractivity contribution < 1.29 is 14.6 Å². The van der Waals surface area contributed by atoms with Crippen LogP contribution in [0, 0.1) is 0 Å². The average Bonchev–Trinajstić information content (AvgIpc) is 2.66. The number of hydrogen-bond acceptors (Lipinski definition) is 5. The van der Waals surface area contributed by atoms with Gasteiger partial charge in [-0.05, 0) is 37.1 Å². The minimum Gasteiger partial charge on any atom is -0.508 e. The van der Waals surface area contributed by atoms with Crippen LogP contribution in [0.25, 0.3) is 0 Å². The van der Waals surface area contributed by atoms with Gasteiger partial charge in [-0.1, -0.05) is 42.5 Å². The minimum atomic E-state index is -0.199. The highest BCUT2D eigenvalue weighted by Crippen LogP contribution is 2.34. The van der Waals surface area contributed by atoms with E-state index in [1.165, 1.54) is 12.7 Å². The third kappa shape index (κ3) is 4.49. The third-order valence-corrected chi connectivity index (χ3v) is 5.36. The van der Waals surface area contributed by atoms with Gasteiger partial charge < -0.3 is 9.84 Å². The van der Waals surface area contributed by atoms with Gasteiger partial charge in [0.15, 0.2) is 0 Å². The molecule has 27 heavy (non-hydrogen) atoms. The molecule has 2 aromatic rings. The average molecular weight is 368 g/mol. The summed E-state index contributed by atoms with van der Waals surface area (Å²) in [4.78, 5) is 16.4. The maximum Gasteiger partial charge on any atom is 0.319 e. The van der Waals surface area contributed by atoms with Crippen LogP contribution in [-0.2, 0) is 9.53 Å². The van der Waals surface area contributed by atoms with Crippen LogP contribution in [0.1, 0.15) is 31.0 Å². The lowest BCUT2D eigenvalue weighted by atomic mass is 9.93. The molecule has 5 nitrogen and oxygen atoms in total. The van der Waals surface area contributed by atoms with Gasteiger partial charge in [-0.15, -0.1) is 0 Å². The lowest BCUT2D eigenvalue weighted by Crippen LogP contribution is -2.58. The fourth-order valence-electron chi connectivity index (χ4n) is 3.94. The Morgan fingerprint density at radius 1 is 1.07 bits per heavy atom. The highest BCUT2D eigenvalue weighted by molar-refractivity contribution is 5.71. The minimum absolute atomic E-state index is 0.0519. The lowest BCUT2D eigenvalue weighted by molar-refractivity contribution is -0.143. The lowest BCUT2D eigenvalue weighted by Gasteiger charge is -2.47. The topological polar surface area (TPSA) is 53.0 Å². The van der Waals surface area contributed by atoms with E-state index >= 15 is 0 Å². The molecular weight excluding hydrogens is 340 g/mol. The number of aromatic hydroxyl groups is 1. The molecule has 0 saturated carbocycles. The van der Waals surface area contributed by atoms with Crippen molar-refractivity contribution in [2.75, 3.05) is 26.7 Å². The Kier molecular flexibility index (Phi) is 6.14. The van der Waals surface area contributed by atoms with Crippen molar-refractivity contribution in [1.29, 1.82) is 0 Å². The summed E-state index contributed by atoms with van der Waals surface area (Å²) in [6.07, 6.45) is 0. The Morgan fingerprint density at radius 3 is 2.44 bits per heavy atom. The summed E-state index contributed by atoms with van der Waals surface area (Å²) in [6.45, 7) is 6.27. The second-order valence-corrected chi connectivity index (χ2v) is 7.31. The van der Waals surface area contributed by atoms with E-state index in [4.69, 9.17) is 4.74 Å². The van der Waals surface area contributed by atoms with E-state index < -0.39 is 0 Å². The molecule has 0 radical (unpaired) electrons. The first-order valence-corrected chi connectivity index (χ1v) is 9.40. The Hall–Kier alpha value is -2.37. The summed E-state index contributed by atoms with van der Waals surface area (Å²) in [7, 11) is 1.43. The normalized spacial score (nSPS) is 22.3. The number of phenolic OH excluding ortho intramolecular Hbond substituents is 1. The summed E-state index contributed by atoms with van der Waals surface area (Å²) in [5.74, 6) is 0.0774. The van der Waals surface area contributed by atoms with E-state index in [-0.39, 0.29) is 29.8 Å². The van der Waals surface area contributed by atoms with Crippen LogP contribution in [0.2, 0.25) is 0 Å². The van der Waals surface area contributed by atoms with E-state index in [0.717, 1.165) is 18.7 Å². The van der Waals surface area contributed by atoms with Crippen LogP contribution in [0.3, 0.4) is 0 Å². The predicted molar refractivity (Wildman–Crippen MR) is 106 cm³/mol.